The molecule has 11 heteroatoms. The Hall–Kier alpha value is -2.53. The molecule has 0 unspecified atom stereocenters. The number of fused-ring (bicyclic) bond motifs is 1. The molecule has 0 aromatic carbocycles. The molecule has 1 saturated carbocycles. The fraction of sp³-hybridized carbons (Fsp3) is 0.682. The van der Waals surface area contributed by atoms with E-state index in [-0.39, 0.29) is 28.8 Å². The smallest absolute Gasteiger partial charge is 0.309 e. The van der Waals surface area contributed by atoms with E-state index in [4.69, 9.17) is 5.73 Å². The number of nitrogens with two attached hydrogens (primary N) is 1. The number of carbonyl (C=O) groups is 4. The summed E-state index contributed by atoms with van der Waals surface area (Å²) in [4.78, 5) is 58.4. The average molecular weight is 479 g/mol. The first-order chi connectivity index (χ1) is 15.2. The van der Waals surface area contributed by atoms with Gasteiger partial charge in [-0.05, 0) is 54.0 Å². The van der Waals surface area contributed by atoms with Crippen molar-refractivity contribution in [1.29, 1.82) is 0 Å². The summed E-state index contributed by atoms with van der Waals surface area (Å²) in [7, 11) is 5.42. The highest BCUT2D eigenvalue weighted by Crippen LogP contribution is 2.50. The Morgan fingerprint density at radius 3 is 2.24 bits per heavy atom. The van der Waals surface area contributed by atoms with Crippen LogP contribution in [0.2, 0.25) is 0 Å². The van der Waals surface area contributed by atoms with Crippen LogP contribution in [0.1, 0.15) is 67.3 Å². The zero-order valence-electron chi connectivity index (χ0n) is 20.3. The van der Waals surface area contributed by atoms with E-state index in [1.807, 2.05) is 7.05 Å². The van der Waals surface area contributed by atoms with Gasteiger partial charge in [-0.15, -0.1) is 11.3 Å². The summed E-state index contributed by atoms with van der Waals surface area (Å²) >= 11 is 1.36. The number of rotatable bonds is 4. The Morgan fingerprint density at radius 1 is 1.06 bits per heavy atom. The normalized spacial score (nSPS) is 25.7. The van der Waals surface area contributed by atoms with Gasteiger partial charge in [0.15, 0.2) is 5.01 Å². The zero-order valence-corrected chi connectivity index (χ0v) is 21.1. The number of aromatic nitrogens is 1. The lowest BCUT2D eigenvalue weighted by Crippen LogP contribution is -2.57. The van der Waals surface area contributed by atoms with E-state index in [0.29, 0.717) is 24.3 Å². The molecular formula is C22H34N6O4S. The van der Waals surface area contributed by atoms with Crippen LogP contribution < -0.4 is 16.4 Å². The maximum atomic E-state index is 13.2. The van der Waals surface area contributed by atoms with Crippen LogP contribution in [-0.4, -0.2) is 71.6 Å². The van der Waals surface area contributed by atoms with Crippen LogP contribution in [0, 0.1) is 5.92 Å². The summed E-state index contributed by atoms with van der Waals surface area (Å²) in [5.74, 6) is -2.67. The Kier molecular flexibility index (Phi) is 6.60. The quantitative estimate of drug-likeness (QED) is 0.540. The van der Waals surface area contributed by atoms with Gasteiger partial charge in [0.05, 0.1) is 27.7 Å². The number of hydrogen-bond acceptors (Lipinski definition) is 7. The minimum atomic E-state index is -1.09. The summed E-state index contributed by atoms with van der Waals surface area (Å²) < 4.78 is 0. The highest BCUT2D eigenvalue weighted by molar-refractivity contribution is 7.14. The van der Waals surface area contributed by atoms with Gasteiger partial charge in [-0.25, -0.2) is 4.98 Å². The molecule has 0 bridgehead atoms. The van der Waals surface area contributed by atoms with E-state index in [1.165, 1.54) is 16.2 Å². The van der Waals surface area contributed by atoms with Crippen molar-refractivity contribution in [2.24, 2.45) is 11.7 Å². The van der Waals surface area contributed by atoms with Gasteiger partial charge in [0.1, 0.15) is 0 Å². The Morgan fingerprint density at radius 2 is 1.70 bits per heavy atom. The van der Waals surface area contributed by atoms with Crippen molar-refractivity contribution >= 4 is 35.0 Å². The lowest BCUT2D eigenvalue weighted by atomic mass is 9.81. The Balaban J connectivity index is 1.84. The molecule has 0 spiro atoms. The fourth-order valence-corrected chi connectivity index (χ4v) is 6.08. The third kappa shape index (κ3) is 4.48. The van der Waals surface area contributed by atoms with Gasteiger partial charge >= 0.3 is 11.8 Å². The van der Waals surface area contributed by atoms with Crippen molar-refractivity contribution in [2.75, 3.05) is 21.1 Å². The van der Waals surface area contributed by atoms with Crippen molar-refractivity contribution < 1.29 is 19.2 Å². The van der Waals surface area contributed by atoms with E-state index < -0.39 is 23.9 Å². The summed E-state index contributed by atoms with van der Waals surface area (Å²) in [6.07, 6.45) is 1.32. The number of carbonyl (C=O) groups excluding carboxylic acids is 4. The largest absolute Gasteiger partial charge is 0.361 e. The molecule has 1 aromatic rings. The maximum absolute atomic E-state index is 13.2. The molecule has 1 aliphatic carbocycles. The number of primary amides is 1. The fourth-order valence-electron chi connectivity index (χ4n) is 4.82. The molecule has 1 aromatic heterocycles. The molecular weight excluding hydrogens is 444 g/mol. The molecule has 33 heavy (non-hydrogen) atoms. The topological polar surface area (TPSA) is 138 Å². The molecule has 2 heterocycles. The van der Waals surface area contributed by atoms with Crippen molar-refractivity contribution in [1.82, 2.24) is 25.4 Å². The molecule has 0 radical (unpaired) electrons. The van der Waals surface area contributed by atoms with Gasteiger partial charge < -0.3 is 21.3 Å². The second kappa shape index (κ2) is 8.68. The number of thiazole rings is 1. The van der Waals surface area contributed by atoms with Gasteiger partial charge in [0, 0.05) is 26.1 Å². The minimum absolute atomic E-state index is 0.0336. The first kappa shape index (κ1) is 25.1. The third-order valence-electron chi connectivity index (χ3n) is 7.13. The average Bonchev–Trinajstić information content (AvgIpc) is 3.24. The molecule has 3 atom stereocenters. The second-order valence-corrected chi connectivity index (χ2v) is 11.1. The molecule has 0 saturated heterocycles. The predicted octanol–water partition coefficient (Wildman–Crippen LogP) is 0.516. The molecule has 10 nitrogen and oxygen atoms in total. The summed E-state index contributed by atoms with van der Waals surface area (Å²) in [5.41, 5.74) is 5.40. The van der Waals surface area contributed by atoms with Crippen molar-refractivity contribution in [2.45, 2.75) is 70.1 Å². The van der Waals surface area contributed by atoms with Crippen molar-refractivity contribution in [3.05, 3.63) is 15.6 Å². The SMILES string of the molecule is CN(C)C(=O)[C@H]1CC[C@H](NC(=O)C(N)=O)[C@H](NC(=O)c2nc3c(s2)C(C)(C)N(C)C3(C)C)C1. The summed E-state index contributed by atoms with van der Waals surface area (Å²) in [6.45, 7) is 8.37. The number of nitrogens with zero attached hydrogens (tertiary/aromatic N) is 3. The zero-order chi connectivity index (χ0) is 24.9. The van der Waals surface area contributed by atoms with Crippen LogP contribution in [-0.2, 0) is 25.5 Å². The molecule has 3 rings (SSSR count). The van der Waals surface area contributed by atoms with Crippen LogP contribution in [0.4, 0.5) is 0 Å². The van der Waals surface area contributed by atoms with E-state index in [9.17, 15) is 19.2 Å². The lowest BCUT2D eigenvalue weighted by Gasteiger charge is -2.37. The minimum Gasteiger partial charge on any atom is -0.361 e. The summed E-state index contributed by atoms with van der Waals surface area (Å²) in [6, 6.07) is -1.04. The van der Waals surface area contributed by atoms with Gasteiger partial charge in [-0.2, -0.15) is 0 Å². The molecule has 1 fully saturated rings. The molecule has 4 amide bonds. The van der Waals surface area contributed by atoms with Crippen LogP contribution >= 0.6 is 11.3 Å². The van der Waals surface area contributed by atoms with Crippen LogP contribution in [0.15, 0.2) is 0 Å². The first-order valence-electron chi connectivity index (χ1n) is 11.1. The number of nitrogens with one attached hydrogen (secondary N) is 2. The lowest BCUT2D eigenvalue weighted by molar-refractivity contribution is -0.138. The predicted molar refractivity (Wildman–Crippen MR) is 124 cm³/mol. The van der Waals surface area contributed by atoms with Crippen LogP contribution in [0.25, 0.3) is 0 Å². The maximum Gasteiger partial charge on any atom is 0.309 e. The Bertz CT molecular complexity index is 952. The van der Waals surface area contributed by atoms with E-state index >= 15 is 0 Å². The number of hydrogen-bond donors (Lipinski definition) is 3. The molecule has 1 aliphatic heterocycles. The Labute approximate surface area is 198 Å². The van der Waals surface area contributed by atoms with E-state index in [1.54, 1.807) is 14.1 Å². The van der Waals surface area contributed by atoms with Gasteiger partial charge in [0.2, 0.25) is 5.91 Å². The molecule has 182 valence electrons. The second-order valence-electron chi connectivity index (χ2n) is 10.1. The van der Waals surface area contributed by atoms with Crippen molar-refractivity contribution in [3.63, 3.8) is 0 Å². The molecule has 4 N–H and O–H groups in total. The highest BCUT2D eigenvalue weighted by atomic mass is 32.1. The van der Waals surface area contributed by atoms with E-state index in [0.717, 1.165) is 10.6 Å². The van der Waals surface area contributed by atoms with Gasteiger partial charge in [-0.1, -0.05) is 0 Å². The third-order valence-corrected chi connectivity index (χ3v) is 8.50. The van der Waals surface area contributed by atoms with Gasteiger partial charge in [-0.3, -0.25) is 24.1 Å². The highest BCUT2D eigenvalue weighted by Gasteiger charge is 2.50. The van der Waals surface area contributed by atoms with Crippen molar-refractivity contribution in [3.8, 4) is 0 Å². The summed E-state index contributed by atoms with van der Waals surface area (Å²) in [5, 5.41) is 5.92. The first-order valence-corrected chi connectivity index (χ1v) is 11.9. The van der Waals surface area contributed by atoms with Gasteiger partial charge in [0.25, 0.3) is 5.91 Å². The standard InChI is InChI=1S/C22H34N6O4S/c1-21(2)14-15(22(3,4)28(21)7)33-19(26-14)18(31)25-13-10-11(20(32)27(5)6)8-9-12(13)24-17(30)16(23)29/h11-13H,8-10H2,1-7H3,(H2,23,29)(H,24,30)(H,25,31)/t11-,12-,13+/m0/s1. The monoisotopic (exact) mass is 478 g/mol. The van der Waals surface area contributed by atoms with Crippen LogP contribution in [0.5, 0.6) is 0 Å². The molecule has 2 aliphatic rings. The van der Waals surface area contributed by atoms with E-state index in [2.05, 4.69) is 48.2 Å². The van der Waals surface area contributed by atoms with Crippen LogP contribution in [0.3, 0.4) is 0 Å². The number of amides is 4.